The molecule has 0 bridgehead atoms. The summed E-state index contributed by atoms with van der Waals surface area (Å²) in [6.07, 6.45) is 0. The molecule has 0 saturated carbocycles. The molecule has 0 amide bonds. The first kappa shape index (κ1) is 12.3. The van der Waals surface area contributed by atoms with E-state index < -0.39 is 17.4 Å². The van der Waals surface area contributed by atoms with Crippen LogP contribution >= 0.6 is 0 Å². The largest absolute Gasteiger partial charge is 0.503 e. The first-order chi connectivity index (χ1) is 7.97. The summed E-state index contributed by atoms with van der Waals surface area (Å²) in [5, 5.41) is 9.01. The van der Waals surface area contributed by atoms with Gasteiger partial charge < -0.3 is 5.11 Å². The average Bonchev–Trinajstić information content (AvgIpc) is 2.54. The van der Waals surface area contributed by atoms with E-state index in [2.05, 4.69) is 18.7 Å². The van der Waals surface area contributed by atoms with Crippen molar-refractivity contribution in [2.45, 2.75) is 20.4 Å². The third-order valence-electron chi connectivity index (χ3n) is 3.55. The maximum atomic E-state index is 13.2. The summed E-state index contributed by atoms with van der Waals surface area (Å²) < 4.78 is 26.3. The Balaban J connectivity index is 2.10. The van der Waals surface area contributed by atoms with Crippen molar-refractivity contribution in [2.75, 3.05) is 13.1 Å². The second-order valence-electron chi connectivity index (χ2n) is 5.06. The third kappa shape index (κ3) is 2.57. The molecule has 17 heavy (non-hydrogen) atoms. The van der Waals surface area contributed by atoms with Gasteiger partial charge in [0.15, 0.2) is 17.4 Å². The molecule has 2 unspecified atom stereocenters. The van der Waals surface area contributed by atoms with Gasteiger partial charge in [0.1, 0.15) is 0 Å². The number of likely N-dealkylation sites (tertiary alicyclic amines) is 1. The molecule has 1 saturated heterocycles. The van der Waals surface area contributed by atoms with Crippen LogP contribution in [0.25, 0.3) is 0 Å². The first-order valence-corrected chi connectivity index (χ1v) is 5.86. The maximum absolute atomic E-state index is 13.2. The molecule has 1 heterocycles. The van der Waals surface area contributed by atoms with Crippen molar-refractivity contribution < 1.29 is 13.9 Å². The molecule has 2 atom stereocenters. The van der Waals surface area contributed by atoms with Crippen LogP contribution in [0.5, 0.6) is 5.75 Å². The van der Waals surface area contributed by atoms with Gasteiger partial charge in [-0.05, 0) is 29.5 Å². The monoisotopic (exact) mass is 241 g/mol. The zero-order valence-electron chi connectivity index (χ0n) is 10.1. The van der Waals surface area contributed by atoms with Gasteiger partial charge in [-0.25, -0.2) is 8.78 Å². The molecule has 0 radical (unpaired) electrons. The Bertz CT molecular complexity index is 389. The number of aromatic hydroxyl groups is 1. The Morgan fingerprint density at radius 2 is 1.65 bits per heavy atom. The van der Waals surface area contributed by atoms with E-state index in [1.807, 2.05) is 0 Å². The van der Waals surface area contributed by atoms with Gasteiger partial charge in [0, 0.05) is 19.6 Å². The minimum atomic E-state index is -0.892. The zero-order valence-corrected chi connectivity index (χ0v) is 10.1. The quantitative estimate of drug-likeness (QED) is 0.860. The van der Waals surface area contributed by atoms with E-state index in [9.17, 15) is 8.78 Å². The first-order valence-electron chi connectivity index (χ1n) is 5.86. The topological polar surface area (TPSA) is 23.5 Å². The fourth-order valence-electron chi connectivity index (χ4n) is 2.35. The Morgan fingerprint density at radius 3 is 2.12 bits per heavy atom. The molecule has 1 aromatic rings. The smallest absolute Gasteiger partial charge is 0.187 e. The molecule has 94 valence electrons. The summed E-state index contributed by atoms with van der Waals surface area (Å²) in [5.74, 6) is -1.44. The van der Waals surface area contributed by atoms with Crippen molar-refractivity contribution in [1.29, 1.82) is 0 Å². The highest BCUT2D eigenvalue weighted by molar-refractivity contribution is 5.30. The molecular weight excluding hydrogens is 224 g/mol. The molecule has 2 nitrogen and oxygen atoms in total. The number of halogens is 2. The Kier molecular flexibility index (Phi) is 3.33. The highest BCUT2D eigenvalue weighted by atomic mass is 19.1. The van der Waals surface area contributed by atoms with Crippen molar-refractivity contribution in [2.24, 2.45) is 11.8 Å². The standard InChI is InChI=1S/C13H17F2NO/c1-8-5-16(6-9(8)2)7-10-3-11(14)13(17)12(15)4-10/h3-4,8-9,17H,5-7H2,1-2H3. The van der Waals surface area contributed by atoms with Gasteiger partial charge in [-0.2, -0.15) is 0 Å². The van der Waals surface area contributed by atoms with E-state index in [4.69, 9.17) is 5.11 Å². The third-order valence-corrected chi connectivity index (χ3v) is 3.55. The van der Waals surface area contributed by atoms with Crippen LogP contribution in [0.2, 0.25) is 0 Å². The Hall–Kier alpha value is -1.16. The normalized spacial score (nSPS) is 25.4. The van der Waals surface area contributed by atoms with Gasteiger partial charge in [-0.15, -0.1) is 0 Å². The molecule has 1 aliphatic heterocycles. The highest BCUT2D eigenvalue weighted by Gasteiger charge is 2.26. The summed E-state index contributed by atoms with van der Waals surface area (Å²) in [5.41, 5.74) is 0.569. The molecule has 2 rings (SSSR count). The fraction of sp³-hybridized carbons (Fsp3) is 0.538. The average molecular weight is 241 g/mol. The van der Waals surface area contributed by atoms with E-state index in [0.717, 1.165) is 13.1 Å². The number of phenols is 1. The predicted molar refractivity (Wildman–Crippen MR) is 61.6 cm³/mol. The number of nitrogens with zero attached hydrogens (tertiary/aromatic N) is 1. The van der Waals surface area contributed by atoms with Crippen LogP contribution in [0.1, 0.15) is 19.4 Å². The lowest BCUT2D eigenvalue weighted by Gasteiger charge is -2.15. The van der Waals surface area contributed by atoms with Crippen LogP contribution in [0.4, 0.5) is 8.78 Å². The Labute approximate surface area is 99.9 Å². The van der Waals surface area contributed by atoms with Crippen molar-refractivity contribution in [1.82, 2.24) is 4.90 Å². The molecule has 0 aromatic heterocycles. The van der Waals surface area contributed by atoms with Crippen molar-refractivity contribution >= 4 is 0 Å². The summed E-state index contributed by atoms with van der Waals surface area (Å²) in [6, 6.07) is 2.40. The van der Waals surface area contributed by atoms with E-state index in [0.29, 0.717) is 23.9 Å². The number of hydrogen-bond acceptors (Lipinski definition) is 2. The van der Waals surface area contributed by atoms with Crippen LogP contribution < -0.4 is 0 Å². The van der Waals surface area contributed by atoms with Gasteiger partial charge in [-0.1, -0.05) is 13.8 Å². The van der Waals surface area contributed by atoms with Gasteiger partial charge >= 0.3 is 0 Å². The lowest BCUT2D eigenvalue weighted by molar-refractivity contribution is 0.313. The summed E-state index contributed by atoms with van der Waals surface area (Å²) in [7, 11) is 0. The van der Waals surface area contributed by atoms with Gasteiger partial charge in [-0.3, -0.25) is 4.90 Å². The molecule has 1 fully saturated rings. The fourth-order valence-corrected chi connectivity index (χ4v) is 2.35. The number of hydrogen-bond donors (Lipinski definition) is 1. The van der Waals surface area contributed by atoms with Crippen LogP contribution in [0, 0.1) is 23.5 Å². The van der Waals surface area contributed by atoms with E-state index in [1.54, 1.807) is 0 Å². The van der Waals surface area contributed by atoms with E-state index >= 15 is 0 Å². The SMILES string of the molecule is CC1CN(Cc2cc(F)c(O)c(F)c2)CC1C. The second-order valence-corrected chi connectivity index (χ2v) is 5.06. The van der Waals surface area contributed by atoms with Crippen LogP contribution in [0.3, 0.4) is 0 Å². The second kappa shape index (κ2) is 4.61. The Morgan fingerprint density at radius 1 is 1.18 bits per heavy atom. The summed E-state index contributed by atoms with van der Waals surface area (Å²) in [4.78, 5) is 2.18. The van der Waals surface area contributed by atoms with Gasteiger partial charge in [0.2, 0.25) is 0 Å². The maximum Gasteiger partial charge on any atom is 0.187 e. The van der Waals surface area contributed by atoms with E-state index in [1.165, 1.54) is 12.1 Å². The molecule has 1 N–H and O–H groups in total. The predicted octanol–water partition coefficient (Wildman–Crippen LogP) is 2.76. The molecule has 4 heteroatoms. The number of phenolic OH excluding ortho intramolecular Hbond substituents is 1. The summed E-state index contributed by atoms with van der Waals surface area (Å²) >= 11 is 0. The number of rotatable bonds is 2. The molecule has 1 aliphatic rings. The zero-order chi connectivity index (χ0) is 12.6. The van der Waals surface area contributed by atoms with Crippen LogP contribution in [-0.2, 0) is 6.54 Å². The number of benzene rings is 1. The van der Waals surface area contributed by atoms with Gasteiger partial charge in [0.05, 0.1) is 0 Å². The minimum absolute atomic E-state index is 0.531. The molecular formula is C13H17F2NO. The lowest BCUT2D eigenvalue weighted by Crippen LogP contribution is -2.20. The van der Waals surface area contributed by atoms with Gasteiger partial charge in [0.25, 0.3) is 0 Å². The minimum Gasteiger partial charge on any atom is -0.503 e. The van der Waals surface area contributed by atoms with Crippen molar-refractivity contribution in [3.05, 3.63) is 29.3 Å². The van der Waals surface area contributed by atoms with E-state index in [-0.39, 0.29) is 0 Å². The van der Waals surface area contributed by atoms with Crippen LogP contribution in [-0.4, -0.2) is 23.1 Å². The van der Waals surface area contributed by atoms with Crippen molar-refractivity contribution in [3.63, 3.8) is 0 Å². The molecule has 0 spiro atoms. The van der Waals surface area contributed by atoms with Crippen molar-refractivity contribution in [3.8, 4) is 5.75 Å². The lowest BCUT2D eigenvalue weighted by atomic mass is 10.0. The summed E-state index contributed by atoms with van der Waals surface area (Å²) in [6.45, 7) is 6.80. The molecule has 1 aromatic carbocycles. The highest BCUT2D eigenvalue weighted by Crippen LogP contribution is 2.26. The molecule has 0 aliphatic carbocycles. The van der Waals surface area contributed by atoms with Crippen LogP contribution in [0.15, 0.2) is 12.1 Å².